The van der Waals surface area contributed by atoms with E-state index in [0.29, 0.717) is 0 Å². The van der Waals surface area contributed by atoms with Gasteiger partial charge in [-0.05, 0) is 134 Å². The highest BCUT2D eigenvalue weighted by Crippen LogP contribution is 2.53. The monoisotopic (exact) mass is 646 g/mol. The maximum Gasteiger partial charge on any atom is 0.0165 e. The smallest absolute Gasteiger partial charge is 0.0165 e. The molecule has 0 atom stereocenters. The highest BCUT2D eigenvalue weighted by Gasteiger charge is 2.37. The van der Waals surface area contributed by atoms with Crippen LogP contribution in [0.4, 0.5) is 0 Å². The van der Waals surface area contributed by atoms with E-state index in [1.165, 1.54) is 109 Å². The predicted molar refractivity (Wildman–Crippen MR) is 219 cm³/mol. The molecule has 1 aliphatic carbocycles. The van der Waals surface area contributed by atoms with Gasteiger partial charge in [-0.25, -0.2) is 0 Å². The number of fused-ring (bicyclic) bond motifs is 5. The van der Waals surface area contributed by atoms with Crippen LogP contribution in [0, 0.1) is 0 Å². The van der Waals surface area contributed by atoms with Gasteiger partial charge in [0.1, 0.15) is 0 Å². The summed E-state index contributed by atoms with van der Waals surface area (Å²) in [5.41, 5.74) is 13.2. The predicted octanol–water partition coefficient (Wildman–Crippen LogP) is 14.2. The Balaban J connectivity index is 1.09. The van der Waals surface area contributed by atoms with Gasteiger partial charge in [0.15, 0.2) is 0 Å². The van der Waals surface area contributed by atoms with Gasteiger partial charge in [0, 0.05) is 5.41 Å². The number of hydrogen-bond acceptors (Lipinski definition) is 0. The van der Waals surface area contributed by atoms with Gasteiger partial charge < -0.3 is 0 Å². The second kappa shape index (κ2) is 10.4. The van der Waals surface area contributed by atoms with E-state index < -0.39 is 0 Å². The first-order valence-electron chi connectivity index (χ1n) is 18.0. The van der Waals surface area contributed by atoms with E-state index in [1.54, 1.807) is 0 Å². The first-order chi connectivity index (χ1) is 25.0. The van der Waals surface area contributed by atoms with Crippen LogP contribution < -0.4 is 0 Å². The fraction of sp³-hybridized carbons (Fsp3) is 0.0588. The summed E-state index contributed by atoms with van der Waals surface area (Å²) in [6.45, 7) is 4.77. The molecule has 0 fully saturated rings. The molecular weight excluding hydrogens is 613 g/mol. The lowest BCUT2D eigenvalue weighted by Crippen LogP contribution is -2.16. The molecule has 11 rings (SSSR count). The quantitative estimate of drug-likeness (QED) is 0.168. The van der Waals surface area contributed by atoms with Gasteiger partial charge in [-0.1, -0.05) is 159 Å². The van der Waals surface area contributed by atoms with Gasteiger partial charge in [0.25, 0.3) is 0 Å². The molecule has 0 spiro atoms. The summed E-state index contributed by atoms with van der Waals surface area (Å²) < 4.78 is 0. The first-order valence-corrected chi connectivity index (χ1v) is 18.0. The molecule has 0 amide bonds. The number of hydrogen-bond donors (Lipinski definition) is 0. The second-order valence-corrected chi connectivity index (χ2v) is 14.9. The fourth-order valence-corrected chi connectivity index (χ4v) is 9.35. The summed E-state index contributed by atoms with van der Waals surface area (Å²) in [6, 6.07) is 63.7. The van der Waals surface area contributed by atoms with Crippen molar-refractivity contribution in [3.8, 4) is 44.5 Å². The maximum absolute atomic E-state index is 2.41. The Morgan fingerprint density at radius 3 is 1.75 bits per heavy atom. The van der Waals surface area contributed by atoms with Crippen LogP contribution in [0.25, 0.3) is 98.4 Å². The van der Waals surface area contributed by atoms with Crippen molar-refractivity contribution >= 4 is 53.9 Å². The Bertz CT molecular complexity index is 3030. The van der Waals surface area contributed by atoms with Gasteiger partial charge in [-0.3, -0.25) is 0 Å². The average molecular weight is 647 g/mol. The standard InChI is InChI=1S/C51H34/c1-51(2)47-16-6-5-12-42(47)45-15-8-14-44(50(45)51)41-25-23-33-19-22-37-28-39(29-38-24-26-43(41)49(33)48(37)38)40-13-7-11-32-18-21-36(30-46(32)40)35-20-17-31-9-3-4-10-34(31)27-35/h3-30H,1-2H3. The molecule has 1 aliphatic rings. The van der Waals surface area contributed by atoms with Crippen molar-refractivity contribution in [3.63, 3.8) is 0 Å². The van der Waals surface area contributed by atoms with Gasteiger partial charge in [-0.2, -0.15) is 0 Å². The van der Waals surface area contributed by atoms with Crippen molar-refractivity contribution in [2.45, 2.75) is 19.3 Å². The van der Waals surface area contributed by atoms with Crippen molar-refractivity contribution in [3.05, 3.63) is 181 Å². The SMILES string of the molecule is CC1(C)c2ccccc2-c2cccc(-c3ccc4ccc5cc(-c6cccc7ccc(-c8ccc9ccccc9c8)cc67)cc6ccc3c4c56)c21. The first kappa shape index (κ1) is 28.6. The van der Waals surface area contributed by atoms with E-state index >= 15 is 0 Å². The average Bonchev–Trinajstić information content (AvgIpc) is 3.42. The summed E-state index contributed by atoms with van der Waals surface area (Å²) in [5.74, 6) is 0. The highest BCUT2D eigenvalue weighted by molar-refractivity contribution is 6.26. The molecule has 10 aromatic rings. The zero-order chi connectivity index (χ0) is 33.8. The highest BCUT2D eigenvalue weighted by atomic mass is 14.4. The molecule has 0 saturated heterocycles. The Morgan fingerprint density at radius 1 is 0.314 bits per heavy atom. The topological polar surface area (TPSA) is 0 Å². The van der Waals surface area contributed by atoms with Gasteiger partial charge >= 0.3 is 0 Å². The van der Waals surface area contributed by atoms with Crippen molar-refractivity contribution < 1.29 is 0 Å². The zero-order valence-electron chi connectivity index (χ0n) is 28.7. The molecule has 0 heteroatoms. The number of benzene rings is 10. The van der Waals surface area contributed by atoms with Crippen LogP contribution >= 0.6 is 0 Å². The molecular formula is C51H34. The van der Waals surface area contributed by atoms with Crippen LogP contribution in [-0.2, 0) is 5.41 Å². The van der Waals surface area contributed by atoms with E-state index in [2.05, 4.69) is 184 Å². The molecule has 0 radical (unpaired) electrons. The minimum atomic E-state index is -0.0754. The third-order valence-corrected chi connectivity index (χ3v) is 11.7. The van der Waals surface area contributed by atoms with Crippen LogP contribution in [-0.4, -0.2) is 0 Å². The zero-order valence-corrected chi connectivity index (χ0v) is 28.7. The van der Waals surface area contributed by atoms with Crippen LogP contribution in [0.1, 0.15) is 25.0 Å². The molecule has 0 N–H and O–H groups in total. The molecule has 0 nitrogen and oxygen atoms in total. The van der Waals surface area contributed by atoms with E-state index in [0.717, 1.165) is 0 Å². The molecule has 238 valence electrons. The van der Waals surface area contributed by atoms with Crippen molar-refractivity contribution in [1.29, 1.82) is 0 Å². The summed E-state index contributed by atoms with van der Waals surface area (Å²) in [6.07, 6.45) is 0. The Labute approximate surface area is 297 Å². The van der Waals surface area contributed by atoms with E-state index in [1.807, 2.05) is 0 Å². The van der Waals surface area contributed by atoms with Crippen molar-refractivity contribution in [2.24, 2.45) is 0 Å². The second-order valence-electron chi connectivity index (χ2n) is 14.9. The lowest BCUT2D eigenvalue weighted by Gasteiger charge is -2.25. The maximum atomic E-state index is 2.41. The van der Waals surface area contributed by atoms with E-state index in [9.17, 15) is 0 Å². The fourth-order valence-electron chi connectivity index (χ4n) is 9.35. The Hall–Kier alpha value is -6.24. The molecule has 0 heterocycles. The van der Waals surface area contributed by atoms with E-state index in [4.69, 9.17) is 0 Å². The molecule has 0 unspecified atom stereocenters. The van der Waals surface area contributed by atoms with Gasteiger partial charge in [-0.15, -0.1) is 0 Å². The normalized spacial score (nSPS) is 13.5. The van der Waals surface area contributed by atoms with Gasteiger partial charge in [0.2, 0.25) is 0 Å². The largest absolute Gasteiger partial charge is 0.0619 e. The molecule has 0 bridgehead atoms. The molecule has 10 aromatic carbocycles. The minimum absolute atomic E-state index is 0.0754. The van der Waals surface area contributed by atoms with Gasteiger partial charge in [0.05, 0.1) is 0 Å². The Kier molecular flexibility index (Phi) is 5.82. The summed E-state index contributed by atoms with van der Waals surface area (Å²) in [4.78, 5) is 0. The summed E-state index contributed by atoms with van der Waals surface area (Å²) >= 11 is 0. The summed E-state index contributed by atoms with van der Waals surface area (Å²) in [7, 11) is 0. The molecule has 0 aromatic heterocycles. The minimum Gasteiger partial charge on any atom is -0.0619 e. The van der Waals surface area contributed by atoms with Crippen molar-refractivity contribution in [1.82, 2.24) is 0 Å². The van der Waals surface area contributed by atoms with E-state index in [-0.39, 0.29) is 5.41 Å². The van der Waals surface area contributed by atoms with Crippen LogP contribution in [0.5, 0.6) is 0 Å². The van der Waals surface area contributed by atoms with Crippen LogP contribution in [0.15, 0.2) is 170 Å². The Morgan fingerprint density at radius 2 is 0.882 bits per heavy atom. The lowest BCUT2D eigenvalue weighted by molar-refractivity contribution is 0.662. The molecule has 0 aliphatic heterocycles. The van der Waals surface area contributed by atoms with Crippen LogP contribution in [0.2, 0.25) is 0 Å². The molecule has 51 heavy (non-hydrogen) atoms. The van der Waals surface area contributed by atoms with Crippen molar-refractivity contribution in [2.75, 3.05) is 0 Å². The molecule has 0 saturated carbocycles. The third kappa shape index (κ3) is 4.08. The summed E-state index contributed by atoms with van der Waals surface area (Å²) in [5, 5.41) is 13.0. The van der Waals surface area contributed by atoms with Crippen LogP contribution in [0.3, 0.4) is 0 Å². The third-order valence-electron chi connectivity index (χ3n) is 11.7. The lowest BCUT2D eigenvalue weighted by atomic mass is 9.78. The number of rotatable bonds is 3.